The lowest BCUT2D eigenvalue weighted by molar-refractivity contribution is 0.0951. The highest BCUT2D eigenvalue weighted by Crippen LogP contribution is 2.40. The Labute approximate surface area is 214 Å². The van der Waals surface area contributed by atoms with E-state index in [0.717, 1.165) is 47.4 Å². The Hall–Kier alpha value is -3.77. The molecule has 1 N–H and O–H groups in total. The van der Waals surface area contributed by atoms with E-state index < -0.39 is 0 Å². The van der Waals surface area contributed by atoms with Gasteiger partial charge in [0.1, 0.15) is 23.2 Å². The van der Waals surface area contributed by atoms with E-state index in [0.29, 0.717) is 23.4 Å². The number of benzene rings is 3. The predicted octanol–water partition coefficient (Wildman–Crippen LogP) is 7.03. The Morgan fingerprint density at radius 2 is 1.72 bits per heavy atom. The molecule has 1 amide bonds. The number of aliphatic imine (C=N–C) groups is 1. The molecule has 5 rings (SSSR count). The molecular weight excluding hydrogens is 471 g/mol. The first-order chi connectivity index (χ1) is 17.7. The fraction of sp³-hybridized carbons (Fsp3) is 0.200. The van der Waals surface area contributed by atoms with Crippen molar-refractivity contribution in [1.29, 1.82) is 0 Å². The predicted molar refractivity (Wildman–Crippen MR) is 143 cm³/mol. The minimum atomic E-state index is -0.293. The molecule has 0 radical (unpaired) electrons. The van der Waals surface area contributed by atoms with Crippen LogP contribution in [0.4, 0.5) is 9.39 Å². The highest BCUT2D eigenvalue weighted by molar-refractivity contribution is 7.16. The molecule has 36 heavy (non-hydrogen) atoms. The van der Waals surface area contributed by atoms with Gasteiger partial charge in [0.2, 0.25) is 0 Å². The van der Waals surface area contributed by atoms with Gasteiger partial charge >= 0.3 is 0 Å². The zero-order valence-corrected chi connectivity index (χ0v) is 20.7. The first kappa shape index (κ1) is 23.9. The fourth-order valence-electron chi connectivity index (χ4n) is 4.36. The molecule has 0 fully saturated rings. The number of halogens is 1. The number of nitrogens with zero attached hydrogens (tertiary/aromatic N) is 1. The summed E-state index contributed by atoms with van der Waals surface area (Å²) >= 11 is 1.60. The van der Waals surface area contributed by atoms with Crippen LogP contribution in [0.3, 0.4) is 0 Å². The summed E-state index contributed by atoms with van der Waals surface area (Å²) in [5, 5.41) is 3.80. The van der Waals surface area contributed by atoms with Gasteiger partial charge in [-0.2, -0.15) is 0 Å². The second kappa shape index (κ2) is 11.3. The number of hydrogen-bond donors (Lipinski definition) is 1. The van der Waals surface area contributed by atoms with Gasteiger partial charge in [-0.1, -0.05) is 60.7 Å². The smallest absolute Gasteiger partial charge is 0.254 e. The van der Waals surface area contributed by atoms with Crippen LogP contribution in [-0.2, 0) is 26.0 Å². The quantitative estimate of drug-likeness (QED) is 0.265. The summed E-state index contributed by atoms with van der Waals surface area (Å²) in [7, 11) is 0. The Morgan fingerprint density at radius 3 is 2.58 bits per heavy atom. The number of hydrogen-bond acceptors (Lipinski definition) is 4. The highest BCUT2D eigenvalue weighted by atomic mass is 32.1. The van der Waals surface area contributed by atoms with E-state index in [1.165, 1.54) is 10.9 Å². The number of ether oxygens (including phenoxy) is 1. The van der Waals surface area contributed by atoms with Crippen LogP contribution >= 0.6 is 11.3 Å². The molecule has 1 heterocycles. The molecule has 0 unspecified atom stereocenters. The summed E-state index contributed by atoms with van der Waals surface area (Å²) in [5.74, 6) is 0.231. The van der Waals surface area contributed by atoms with E-state index >= 15 is 0 Å². The van der Waals surface area contributed by atoms with Gasteiger partial charge in [-0.05, 0) is 55.0 Å². The Balaban J connectivity index is 1.38. The number of thiophene rings is 1. The van der Waals surface area contributed by atoms with E-state index in [1.807, 2.05) is 54.6 Å². The van der Waals surface area contributed by atoms with E-state index in [9.17, 15) is 9.18 Å². The molecule has 1 aliphatic carbocycles. The minimum absolute atomic E-state index is 0.0884. The van der Waals surface area contributed by atoms with Crippen LogP contribution in [0.2, 0.25) is 0 Å². The monoisotopic (exact) mass is 498 g/mol. The molecule has 0 saturated heterocycles. The van der Waals surface area contributed by atoms with Crippen molar-refractivity contribution in [2.24, 2.45) is 4.99 Å². The van der Waals surface area contributed by atoms with Crippen molar-refractivity contribution in [1.82, 2.24) is 5.32 Å². The molecule has 6 heteroatoms. The van der Waals surface area contributed by atoms with Gasteiger partial charge in [0, 0.05) is 28.8 Å². The van der Waals surface area contributed by atoms with Crippen LogP contribution in [0, 0.1) is 5.82 Å². The standard InChI is InChI=1S/C30H27FN2O2S/c31-25-15-7-4-13-23(25)20-35-26-16-8-5-12-22(26)19-33-30-28(24-14-6-9-17-27(24)36-30)29(34)32-18-21-10-2-1-3-11-21/h1-5,7-8,10-13,15-16,19H,6,9,14,17-18,20H2,(H,32,34). The molecule has 0 spiro atoms. The summed E-state index contributed by atoms with van der Waals surface area (Å²) in [6.45, 7) is 0.595. The second-order valence-electron chi connectivity index (χ2n) is 8.74. The Bertz CT molecular complexity index is 1380. The maximum atomic E-state index is 14.0. The average molecular weight is 499 g/mol. The van der Waals surface area contributed by atoms with E-state index in [-0.39, 0.29) is 18.3 Å². The van der Waals surface area contributed by atoms with Crippen LogP contribution in [-0.4, -0.2) is 12.1 Å². The van der Waals surface area contributed by atoms with Crippen molar-refractivity contribution in [3.63, 3.8) is 0 Å². The average Bonchev–Trinajstić information content (AvgIpc) is 3.30. The lowest BCUT2D eigenvalue weighted by Gasteiger charge is -2.13. The summed E-state index contributed by atoms with van der Waals surface area (Å²) in [5.41, 5.74) is 4.14. The summed E-state index contributed by atoms with van der Waals surface area (Å²) in [4.78, 5) is 19.3. The third kappa shape index (κ3) is 5.55. The maximum absolute atomic E-state index is 14.0. The fourth-order valence-corrected chi connectivity index (χ4v) is 5.59. The van der Waals surface area contributed by atoms with Crippen LogP contribution in [0.15, 0.2) is 83.9 Å². The van der Waals surface area contributed by atoms with Crippen molar-refractivity contribution < 1.29 is 13.9 Å². The molecule has 182 valence electrons. The van der Waals surface area contributed by atoms with Crippen molar-refractivity contribution in [3.8, 4) is 5.75 Å². The van der Waals surface area contributed by atoms with Gasteiger partial charge in [0.25, 0.3) is 5.91 Å². The molecule has 3 aromatic carbocycles. The zero-order chi connectivity index (χ0) is 24.7. The Morgan fingerprint density at radius 1 is 0.972 bits per heavy atom. The lowest BCUT2D eigenvalue weighted by Crippen LogP contribution is -2.24. The van der Waals surface area contributed by atoms with Crippen molar-refractivity contribution >= 4 is 28.5 Å². The molecular formula is C30H27FN2O2S. The van der Waals surface area contributed by atoms with Gasteiger partial charge in [0.05, 0.1) is 5.56 Å². The van der Waals surface area contributed by atoms with E-state index in [2.05, 4.69) is 5.32 Å². The second-order valence-corrected chi connectivity index (χ2v) is 9.82. The Kier molecular flexibility index (Phi) is 7.52. The number of carbonyl (C=O) groups is 1. The SMILES string of the molecule is O=C(NCc1ccccc1)c1c(N=Cc2ccccc2OCc2ccccc2F)sc2c1CCCC2. The minimum Gasteiger partial charge on any atom is -0.488 e. The van der Waals surface area contributed by atoms with Gasteiger partial charge in [0.15, 0.2) is 0 Å². The molecule has 1 aliphatic rings. The molecule has 0 atom stereocenters. The number of fused-ring (bicyclic) bond motifs is 1. The van der Waals surface area contributed by atoms with Gasteiger partial charge in [-0.25, -0.2) is 9.38 Å². The molecule has 0 aliphatic heterocycles. The van der Waals surface area contributed by atoms with Crippen molar-refractivity contribution in [2.75, 3.05) is 0 Å². The topological polar surface area (TPSA) is 50.7 Å². The van der Waals surface area contributed by atoms with Crippen LogP contribution < -0.4 is 10.1 Å². The highest BCUT2D eigenvalue weighted by Gasteiger charge is 2.25. The lowest BCUT2D eigenvalue weighted by atomic mass is 9.95. The maximum Gasteiger partial charge on any atom is 0.254 e. The van der Waals surface area contributed by atoms with Gasteiger partial charge in [-0.3, -0.25) is 4.79 Å². The summed E-state index contributed by atoms with van der Waals surface area (Å²) < 4.78 is 20.0. The third-order valence-electron chi connectivity index (χ3n) is 6.26. The number of nitrogens with one attached hydrogen (secondary N) is 1. The van der Waals surface area contributed by atoms with Crippen molar-refractivity contribution in [3.05, 3.63) is 117 Å². The number of amides is 1. The first-order valence-electron chi connectivity index (χ1n) is 12.1. The van der Waals surface area contributed by atoms with Crippen LogP contribution in [0.25, 0.3) is 0 Å². The number of para-hydroxylation sites is 1. The zero-order valence-electron chi connectivity index (χ0n) is 19.9. The first-order valence-corrected chi connectivity index (χ1v) is 13.0. The van der Waals surface area contributed by atoms with Gasteiger partial charge < -0.3 is 10.1 Å². The van der Waals surface area contributed by atoms with E-state index in [4.69, 9.17) is 9.73 Å². The molecule has 0 bridgehead atoms. The number of carbonyl (C=O) groups excluding carboxylic acids is 1. The normalized spacial score (nSPS) is 12.9. The number of rotatable bonds is 8. The van der Waals surface area contributed by atoms with Crippen molar-refractivity contribution in [2.45, 2.75) is 38.8 Å². The number of aryl methyl sites for hydroxylation is 1. The largest absolute Gasteiger partial charge is 0.488 e. The molecule has 1 aromatic heterocycles. The van der Waals surface area contributed by atoms with Crippen LogP contribution in [0.5, 0.6) is 5.75 Å². The molecule has 4 aromatic rings. The summed E-state index contributed by atoms with van der Waals surface area (Å²) in [6, 6.07) is 24.0. The molecule has 4 nitrogen and oxygen atoms in total. The molecule has 0 saturated carbocycles. The van der Waals surface area contributed by atoms with E-state index in [1.54, 1.807) is 35.8 Å². The van der Waals surface area contributed by atoms with Crippen LogP contribution in [0.1, 0.15) is 50.3 Å². The summed E-state index contributed by atoms with van der Waals surface area (Å²) in [6.07, 6.45) is 5.84. The van der Waals surface area contributed by atoms with Gasteiger partial charge in [-0.15, -0.1) is 11.3 Å². The third-order valence-corrected chi connectivity index (χ3v) is 7.46.